The quantitative estimate of drug-likeness (QED) is 0.673. The van der Waals surface area contributed by atoms with Crippen LogP contribution in [0.25, 0.3) is 0 Å². The van der Waals surface area contributed by atoms with Gasteiger partial charge < -0.3 is 15.3 Å². The van der Waals surface area contributed by atoms with E-state index in [1.54, 1.807) is 0 Å². The molecule has 0 bridgehead atoms. The molecule has 0 spiro atoms. The zero-order chi connectivity index (χ0) is 11.2. The largest absolute Gasteiger partial charge is 0.395 e. The Morgan fingerprint density at radius 3 is 2.21 bits per heavy atom. The van der Waals surface area contributed by atoms with Gasteiger partial charge in [0.15, 0.2) is 0 Å². The normalized spacial score (nSPS) is 14.8. The third-order valence-electron chi connectivity index (χ3n) is 2.68. The van der Waals surface area contributed by atoms with Crippen LogP contribution in [0.2, 0.25) is 0 Å². The Morgan fingerprint density at radius 1 is 1.29 bits per heavy atom. The molecule has 0 aromatic heterocycles. The fraction of sp³-hybridized carbons (Fsp3) is 1.00. The zero-order valence-electron chi connectivity index (χ0n) is 10.3. The first-order valence-electron chi connectivity index (χ1n) is 5.38. The van der Waals surface area contributed by atoms with Crippen LogP contribution in [0.4, 0.5) is 0 Å². The fourth-order valence-corrected chi connectivity index (χ4v) is 1.64. The number of aliphatic hydroxyl groups is 1. The standard InChI is InChI=1S/C11H26N2O/c1-11(2,3)10(12-4)6-7-13(5)8-9-14/h10,12,14H,6-9H2,1-5H3. The summed E-state index contributed by atoms with van der Waals surface area (Å²) in [5, 5.41) is 12.1. The van der Waals surface area contributed by atoms with Gasteiger partial charge in [0.25, 0.3) is 0 Å². The van der Waals surface area contributed by atoms with E-state index in [1.807, 2.05) is 14.1 Å². The summed E-state index contributed by atoms with van der Waals surface area (Å²) < 4.78 is 0. The predicted molar refractivity (Wildman–Crippen MR) is 61.5 cm³/mol. The van der Waals surface area contributed by atoms with Gasteiger partial charge in [0.2, 0.25) is 0 Å². The first-order valence-corrected chi connectivity index (χ1v) is 5.38. The van der Waals surface area contributed by atoms with Crippen molar-refractivity contribution in [1.82, 2.24) is 10.2 Å². The molecular formula is C11H26N2O. The van der Waals surface area contributed by atoms with E-state index >= 15 is 0 Å². The summed E-state index contributed by atoms with van der Waals surface area (Å²) in [6, 6.07) is 0.531. The molecule has 0 aliphatic heterocycles. The first-order chi connectivity index (χ1) is 6.41. The summed E-state index contributed by atoms with van der Waals surface area (Å²) in [4.78, 5) is 2.16. The molecule has 0 heterocycles. The van der Waals surface area contributed by atoms with Gasteiger partial charge in [0.1, 0.15) is 0 Å². The molecule has 0 fully saturated rings. The van der Waals surface area contributed by atoms with Gasteiger partial charge in [-0.25, -0.2) is 0 Å². The highest BCUT2D eigenvalue weighted by atomic mass is 16.3. The van der Waals surface area contributed by atoms with Crippen molar-refractivity contribution in [2.24, 2.45) is 5.41 Å². The van der Waals surface area contributed by atoms with Crippen molar-refractivity contribution in [2.45, 2.75) is 33.2 Å². The van der Waals surface area contributed by atoms with Gasteiger partial charge in [0.05, 0.1) is 6.61 Å². The SMILES string of the molecule is CNC(CCN(C)CCO)C(C)(C)C. The van der Waals surface area contributed by atoms with E-state index in [-0.39, 0.29) is 6.61 Å². The monoisotopic (exact) mass is 202 g/mol. The van der Waals surface area contributed by atoms with Gasteiger partial charge in [-0.1, -0.05) is 20.8 Å². The lowest BCUT2D eigenvalue weighted by Crippen LogP contribution is -2.40. The third kappa shape index (κ3) is 5.58. The van der Waals surface area contributed by atoms with E-state index < -0.39 is 0 Å². The summed E-state index contributed by atoms with van der Waals surface area (Å²) in [6.45, 7) is 8.79. The maximum atomic E-state index is 8.76. The fourth-order valence-electron chi connectivity index (χ4n) is 1.64. The van der Waals surface area contributed by atoms with E-state index in [2.05, 4.69) is 31.0 Å². The van der Waals surface area contributed by atoms with Crippen LogP contribution in [0.15, 0.2) is 0 Å². The van der Waals surface area contributed by atoms with Crippen molar-refractivity contribution in [1.29, 1.82) is 0 Å². The maximum absolute atomic E-state index is 8.76. The van der Waals surface area contributed by atoms with Gasteiger partial charge in [-0.2, -0.15) is 0 Å². The summed E-state index contributed by atoms with van der Waals surface area (Å²) in [7, 11) is 4.06. The summed E-state index contributed by atoms with van der Waals surface area (Å²) in [5.41, 5.74) is 0.300. The Labute approximate surface area is 88.5 Å². The average molecular weight is 202 g/mol. The number of aliphatic hydroxyl groups excluding tert-OH is 1. The molecule has 1 atom stereocenters. The van der Waals surface area contributed by atoms with Crippen LogP contribution >= 0.6 is 0 Å². The molecule has 14 heavy (non-hydrogen) atoms. The highest BCUT2D eigenvalue weighted by molar-refractivity contribution is 4.79. The van der Waals surface area contributed by atoms with Crippen molar-refractivity contribution >= 4 is 0 Å². The molecule has 0 aliphatic rings. The van der Waals surface area contributed by atoms with Crippen LogP contribution in [0.3, 0.4) is 0 Å². The molecule has 0 aliphatic carbocycles. The van der Waals surface area contributed by atoms with Gasteiger partial charge in [0, 0.05) is 12.6 Å². The molecule has 3 nitrogen and oxygen atoms in total. The third-order valence-corrected chi connectivity index (χ3v) is 2.68. The molecule has 1 unspecified atom stereocenters. The molecule has 0 saturated carbocycles. The summed E-state index contributed by atoms with van der Waals surface area (Å²) >= 11 is 0. The van der Waals surface area contributed by atoms with Crippen LogP contribution in [0.1, 0.15) is 27.2 Å². The van der Waals surface area contributed by atoms with E-state index in [9.17, 15) is 0 Å². The molecule has 0 radical (unpaired) electrons. The number of likely N-dealkylation sites (N-methyl/N-ethyl adjacent to an activating group) is 1. The molecule has 86 valence electrons. The second-order valence-electron chi connectivity index (χ2n) is 5.02. The topological polar surface area (TPSA) is 35.5 Å². The zero-order valence-corrected chi connectivity index (χ0v) is 10.3. The Kier molecular flexibility index (Phi) is 6.33. The van der Waals surface area contributed by atoms with Crippen molar-refractivity contribution in [3.8, 4) is 0 Å². The van der Waals surface area contributed by atoms with E-state index in [0.29, 0.717) is 11.5 Å². The predicted octanol–water partition coefficient (Wildman–Crippen LogP) is 0.935. The Morgan fingerprint density at radius 2 is 1.86 bits per heavy atom. The number of rotatable bonds is 6. The minimum absolute atomic E-state index is 0.246. The molecule has 0 saturated heterocycles. The molecule has 2 N–H and O–H groups in total. The van der Waals surface area contributed by atoms with E-state index in [0.717, 1.165) is 19.5 Å². The molecular weight excluding hydrogens is 176 g/mol. The summed E-state index contributed by atoms with van der Waals surface area (Å²) in [5.74, 6) is 0. The van der Waals surface area contributed by atoms with Crippen LogP contribution in [-0.2, 0) is 0 Å². The van der Waals surface area contributed by atoms with Crippen molar-refractivity contribution < 1.29 is 5.11 Å². The van der Waals surface area contributed by atoms with Crippen molar-refractivity contribution in [3.05, 3.63) is 0 Å². The number of nitrogens with zero attached hydrogens (tertiary/aromatic N) is 1. The number of hydrogen-bond donors (Lipinski definition) is 2. The maximum Gasteiger partial charge on any atom is 0.0558 e. The lowest BCUT2D eigenvalue weighted by molar-refractivity contribution is 0.195. The Hall–Kier alpha value is -0.120. The molecule has 0 aromatic carbocycles. The lowest BCUT2D eigenvalue weighted by Gasteiger charge is -2.31. The van der Waals surface area contributed by atoms with Gasteiger partial charge in [-0.05, 0) is 32.5 Å². The minimum Gasteiger partial charge on any atom is -0.395 e. The number of hydrogen-bond acceptors (Lipinski definition) is 3. The molecule has 0 aromatic rings. The van der Waals surface area contributed by atoms with Gasteiger partial charge >= 0.3 is 0 Å². The van der Waals surface area contributed by atoms with E-state index in [1.165, 1.54) is 0 Å². The van der Waals surface area contributed by atoms with Gasteiger partial charge in [-0.3, -0.25) is 0 Å². The Bertz CT molecular complexity index is 143. The highest BCUT2D eigenvalue weighted by Gasteiger charge is 2.22. The number of nitrogens with one attached hydrogen (secondary N) is 1. The van der Waals surface area contributed by atoms with Crippen LogP contribution < -0.4 is 5.32 Å². The molecule has 0 rings (SSSR count). The Balaban J connectivity index is 3.84. The van der Waals surface area contributed by atoms with Crippen LogP contribution in [0.5, 0.6) is 0 Å². The van der Waals surface area contributed by atoms with Crippen LogP contribution in [-0.4, -0.2) is 49.8 Å². The second-order valence-corrected chi connectivity index (χ2v) is 5.02. The lowest BCUT2D eigenvalue weighted by atomic mass is 9.85. The smallest absolute Gasteiger partial charge is 0.0558 e. The molecule has 3 heteroatoms. The summed E-state index contributed by atoms with van der Waals surface area (Å²) in [6.07, 6.45) is 1.12. The van der Waals surface area contributed by atoms with E-state index in [4.69, 9.17) is 5.11 Å². The van der Waals surface area contributed by atoms with Crippen molar-refractivity contribution in [2.75, 3.05) is 33.8 Å². The molecule has 0 amide bonds. The second kappa shape index (κ2) is 6.38. The highest BCUT2D eigenvalue weighted by Crippen LogP contribution is 2.21. The van der Waals surface area contributed by atoms with Gasteiger partial charge in [-0.15, -0.1) is 0 Å². The van der Waals surface area contributed by atoms with Crippen molar-refractivity contribution in [3.63, 3.8) is 0 Å². The average Bonchev–Trinajstić information content (AvgIpc) is 2.03. The minimum atomic E-state index is 0.246. The first kappa shape index (κ1) is 13.9. The van der Waals surface area contributed by atoms with Crippen LogP contribution in [0, 0.1) is 5.41 Å².